The van der Waals surface area contributed by atoms with Gasteiger partial charge in [-0.2, -0.15) is 0 Å². The maximum Gasteiger partial charge on any atom is 0.0282 e. The standard InChI is InChI=1S/C14H23N/c1-5-13(3,6-2)14(4)10-8-7-9-12(15)11-14/h7-11H,5-6,15H2,1-4H3. The fraction of sp³-hybridized carbons (Fsp3) is 0.571. The van der Waals surface area contributed by atoms with Crippen molar-refractivity contribution in [2.45, 2.75) is 40.5 Å². The van der Waals surface area contributed by atoms with Gasteiger partial charge in [0, 0.05) is 11.1 Å². The molecule has 1 heteroatoms. The van der Waals surface area contributed by atoms with Gasteiger partial charge in [0.05, 0.1) is 0 Å². The maximum atomic E-state index is 5.95. The fourth-order valence-electron chi connectivity index (χ4n) is 2.25. The maximum absolute atomic E-state index is 5.95. The molecule has 15 heavy (non-hydrogen) atoms. The highest BCUT2D eigenvalue weighted by molar-refractivity contribution is 5.31. The molecule has 0 radical (unpaired) electrons. The van der Waals surface area contributed by atoms with Crippen molar-refractivity contribution in [3.8, 4) is 0 Å². The van der Waals surface area contributed by atoms with Gasteiger partial charge in [0.1, 0.15) is 0 Å². The van der Waals surface area contributed by atoms with Gasteiger partial charge in [-0.15, -0.1) is 0 Å². The molecule has 0 aliphatic heterocycles. The van der Waals surface area contributed by atoms with Crippen molar-refractivity contribution in [1.82, 2.24) is 0 Å². The van der Waals surface area contributed by atoms with Crippen LogP contribution in [-0.2, 0) is 0 Å². The molecule has 0 spiro atoms. The number of nitrogens with two attached hydrogens (primary N) is 1. The lowest BCUT2D eigenvalue weighted by molar-refractivity contribution is 0.154. The summed E-state index contributed by atoms with van der Waals surface area (Å²) in [6.45, 7) is 9.12. The second-order valence-electron chi connectivity index (χ2n) is 4.91. The van der Waals surface area contributed by atoms with Gasteiger partial charge < -0.3 is 5.73 Å². The Morgan fingerprint density at radius 3 is 2.40 bits per heavy atom. The van der Waals surface area contributed by atoms with E-state index in [4.69, 9.17) is 5.73 Å². The predicted octanol–water partition coefficient (Wildman–Crippen LogP) is 3.79. The third-order valence-corrected chi connectivity index (χ3v) is 4.17. The van der Waals surface area contributed by atoms with Crippen LogP contribution in [0, 0.1) is 10.8 Å². The van der Waals surface area contributed by atoms with Gasteiger partial charge in [0.25, 0.3) is 0 Å². The molecule has 0 aromatic rings. The highest BCUT2D eigenvalue weighted by Crippen LogP contribution is 2.47. The third kappa shape index (κ3) is 2.17. The second kappa shape index (κ2) is 4.26. The van der Waals surface area contributed by atoms with Crippen LogP contribution in [0.3, 0.4) is 0 Å². The zero-order valence-electron chi connectivity index (χ0n) is 10.4. The Kier molecular flexibility index (Phi) is 3.43. The molecule has 1 unspecified atom stereocenters. The molecule has 0 heterocycles. The van der Waals surface area contributed by atoms with Crippen molar-refractivity contribution < 1.29 is 0 Å². The molecule has 0 saturated heterocycles. The van der Waals surface area contributed by atoms with Crippen molar-refractivity contribution in [3.05, 3.63) is 36.1 Å². The highest BCUT2D eigenvalue weighted by Gasteiger charge is 2.38. The molecule has 1 rings (SSSR count). The molecule has 1 aliphatic carbocycles. The van der Waals surface area contributed by atoms with Crippen molar-refractivity contribution in [3.63, 3.8) is 0 Å². The van der Waals surface area contributed by atoms with Crippen LogP contribution in [0.15, 0.2) is 36.1 Å². The van der Waals surface area contributed by atoms with Crippen molar-refractivity contribution in [2.24, 2.45) is 16.6 Å². The smallest absolute Gasteiger partial charge is 0.0282 e. The Hall–Kier alpha value is -0.980. The molecule has 0 amide bonds. The van der Waals surface area contributed by atoms with E-state index in [0.29, 0.717) is 0 Å². The Bertz CT molecular complexity index is 305. The molecule has 84 valence electrons. The lowest BCUT2D eigenvalue weighted by Gasteiger charge is -2.42. The van der Waals surface area contributed by atoms with Crippen LogP contribution >= 0.6 is 0 Å². The van der Waals surface area contributed by atoms with E-state index in [0.717, 1.165) is 18.5 Å². The number of hydrogen-bond donors (Lipinski definition) is 1. The average Bonchev–Trinajstić information content (AvgIpc) is 2.39. The van der Waals surface area contributed by atoms with Gasteiger partial charge >= 0.3 is 0 Å². The Morgan fingerprint density at radius 2 is 1.87 bits per heavy atom. The molecule has 1 nitrogen and oxygen atoms in total. The van der Waals surface area contributed by atoms with Gasteiger partial charge in [-0.05, 0) is 24.3 Å². The van der Waals surface area contributed by atoms with Crippen molar-refractivity contribution in [1.29, 1.82) is 0 Å². The van der Waals surface area contributed by atoms with Crippen LogP contribution in [0.1, 0.15) is 40.5 Å². The average molecular weight is 205 g/mol. The van der Waals surface area contributed by atoms with E-state index in [2.05, 4.69) is 45.9 Å². The van der Waals surface area contributed by atoms with Crippen molar-refractivity contribution >= 4 is 0 Å². The minimum Gasteiger partial charge on any atom is -0.399 e. The molecule has 1 atom stereocenters. The molecule has 0 bridgehead atoms. The SMILES string of the molecule is CCC(C)(CC)C1(C)C=CC=CC(N)=C1. The van der Waals surface area contributed by atoms with Crippen LogP contribution in [-0.4, -0.2) is 0 Å². The van der Waals surface area contributed by atoms with Crippen molar-refractivity contribution in [2.75, 3.05) is 0 Å². The van der Waals surface area contributed by atoms with Gasteiger partial charge in [0.2, 0.25) is 0 Å². The Labute approximate surface area is 93.7 Å². The summed E-state index contributed by atoms with van der Waals surface area (Å²) in [7, 11) is 0. The molecule has 0 aromatic carbocycles. The summed E-state index contributed by atoms with van der Waals surface area (Å²) < 4.78 is 0. The van der Waals surface area contributed by atoms with Gasteiger partial charge in [0.15, 0.2) is 0 Å². The molecule has 0 saturated carbocycles. The van der Waals surface area contributed by atoms with Gasteiger partial charge in [-0.25, -0.2) is 0 Å². The summed E-state index contributed by atoms with van der Waals surface area (Å²) in [5, 5.41) is 0. The summed E-state index contributed by atoms with van der Waals surface area (Å²) in [4.78, 5) is 0. The Morgan fingerprint density at radius 1 is 1.27 bits per heavy atom. The van der Waals surface area contributed by atoms with E-state index in [1.165, 1.54) is 0 Å². The molecule has 0 fully saturated rings. The molecular formula is C14H23N. The fourth-order valence-corrected chi connectivity index (χ4v) is 2.25. The number of allylic oxidation sites excluding steroid dienone is 5. The summed E-state index contributed by atoms with van der Waals surface area (Å²) >= 11 is 0. The largest absolute Gasteiger partial charge is 0.399 e. The summed E-state index contributed by atoms with van der Waals surface area (Å²) in [5.74, 6) is 0. The first-order chi connectivity index (χ1) is 6.97. The topological polar surface area (TPSA) is 26.0 Å². The summed E-state index contributed by atoms with van der Waals surface area (Å²) in [5.41, 5.74) is 7.16. The predicted molar refractivity (Wildman–Crippen MR) is 67.3 cm³/mol. The minimum absolute atomic E-state index is 0.0596. The van der Waals surface area contributed by atoms with Crippen LogP contribution in [0.4, 0.5) is 0 Å². The molecule has 0 aromatic heterocycles. The molecule has 1 aliphatic rings. The van der Waals surface area contributed by atoms with E-state index in [1.54, 1.807) is 0 Å². The first kappa shape index (κ1) is 12.1. The summed E-state index contributed by atoms with van der Waals surface area (Å²) in [6, 6.07) is 0. The van der Waals surface area contributed by atoms with Crippen LogP contribution in [0.5, 0.6) is 0 Å². The molecule has 2 N–H and O–H groups in total. The second-order valence-corrected chi connectivity index (χ2v) is 4.91. The zero-order valence-corrected chi connectivity index (χ0v) is 10.4. The van der Waals surface area contributed by atoms with E-state index in [1.807, 2.05) is 12.2 Å². The van der Waals surface area contributed by atoms with Crippen LogP contribution in [0.2, 0.25) is 0 Å². The van der Waals surface area contributed by atoms with Crippen LogP contribution < -0.4 is 5.73 Å². The third-order valence-electron chi connectivity index (χ3n) is 4.17. The van der Waals surface area contributed by atoms with E-state index < -0.39 is 0 Å². The summed E-state index contributed by atoms with van der Waals surface area (Å²) in [6.07, 6.45) is 12.9. The Balaban J connectivity index is 3.15. The van der Waals surface area contributed by atoms with E-state index >= 15 is 0 Å². The van der Waals surface area contributed by atoms with E-state index in [-0.39, 0.29) is 10.8 Å². The number of hydrogen-bond acceptors (Lipinski definition) is 1. The van der Waals surface area contributed by atoms with Gasteiger partial charge in [-0.1, -0.05) is 52.0 Å². The first-order valence-electron chi connectivity index (χ1n) is 5.81. The highest BCUT2D eigenvalue weighted by atomic mass is 14.6. The molecular weight excluding hydrogens is 182 g/mol. The lowest BCUT2D eigenvalue weighted by Crippen LogP contribution is -2.34. The van der Waals surface area contributed by atoms with Crippen LogP contribution in [0.25, 0.3) is 0 Å². The van der Waals surface area contributed by atoms with Gasteiger partial charge in [-0.3, -0.25) is 0 Å². The quantitative estimate of drug-likeness (QED) is 0.745. The lowest BCUT2D eigenvalue weighted by atomic mass is 9.62. The number of rotatable bonds is 3. The van der Waals surface area contributed by atoms with E-state index in [9.17, 15) is 0 Å². The normalized spacial score (nSPS) is 26.3. The zero-order chi connectivity index (χ0) is 11.5. The monoisotopic (exact) mass is 205 g/mol. The first-order valence-corrected chi connectivity index (χ1v) is 5.81. The minimum atomic E-state index is 0.0596.